The summed E-state index contributed by atoms with van der Waals surface area (Å²) in [6.07, 6.45) is 0. The second-order valence-electron chi connectivity index (χ2n) is 9.74. The molecule has 4 aromatic rings. The van der Waals surface area contributed by atoms with Gasteiger partial charge in [0, 0.05) is 12.1 Å². The first-order chi connectivity index (χ1) is 18.6. The van der Waals surface area contributed by atoms with Gasteiger partial charge >= 0.3 is 0 Å². The van der Waals surface area contributed by atoms with Gasteiger partial charge < -0.3 is 4.55 Å². The number of fused-ring (bicyclic) bond motifs is 1. The van der Waals surface area contributed by atoms with Crippen molar-refractivity contribution in [1.82, 2.24) is 5.43 Å². The highest BCUT2D eigenvalue weighted by molar-refractivity contribution is 7.86. The molecule has 39 heavy (non-hydrogen) atoms. The van der Waals surface area contributed by atoms with E-state index >= 15 is 0 Å². The third-order valence-corrected chi connectivity index (χ3v) is 7.26. The molecule has 200 valence electrons. The lowest BCUT2D eigenvalue weighted by Crippen LogP contribution is -3.10. The Morgan fingerprint density at radius 3 is 2.05 bits per heavy atom. The van der Waals surface area contributed by atoms with Crippen LogP contribution in [0.1, 0.15) is 50.7 Å². The van der Waals surface area contributed by atoms with E-state index in [2.05, 4.69) is 10.5 Å². The highest BCUT2D eigenvalue weighted by atomic mass is 32.2. The normalized spacial score (nSPS) is 15.0. The standard InChI is InChI=1S/C16H20O3S.C14H11N5/c1-10(2)14-9-12-7-5-6-8-13(12)16(20(17,18)19)15(14)11(3)4;15-11-14-16-18(12-7-3-1-4-8-12)19(17-14)13-9-5-2-6-10-13/h5-11H,1-4H3,(H,17,18,19);1-10H,(H,16,17). The number of quaternary nitrogens is 1. The summed E-state index contributed by atoms with van der Waals surface area (Å²) in [5.74, 6) is 0.441. The van der Waals surface area contributed by atoms with Crippen LogP contribution in [0.4, 0.5) is 11.4 Å². The molecule has 1 heterocycles. The fourth-order valence-corrected chi connectivity index (χ4v) is 5.71. The largest absolute Gasteiger partial charge is 0.744 e. The number of anilines is 1. The molecular weight excluding hydrogens is 510 g/mol. The molecule has 0 aromatic heterocycles. The fourth-order valence-electron chi connectivity index (χ4n) is 4.63. The minimum Gasteiger partial charge on any atom is -0.744 e. The molecule has 0 bridgehead atoms. The number of para-hydroxylation sites is 1. The van der Waals surface area contributed by atoms with Crippen molar-refractivity contribution >= 4 is 38.1 Å². The van der Waals surface area contributed by atoms with Crippen LogP contribution in [0.3, 0.4) is 0 Å². The van der Waals surface area contributed by atoms with Gasteiger partial charge in [0.15, 0.2) is 5.69 Å². The molecule has 8 nitrogen and oxygen atoms in total. The van der Waals surface area contributed by atoms with Crippen molar-refractivity contribution in [2.45, 2.75) is 44.4 Å². The molecule has 4 aromatic carbocycles. The van der Waals surface area contributed by atoms with Crippen LogP contribution in [-0.2, 0) is 10.1 Å². The van der Waals surface area contributed by atoms with Crippen LogP contribution in [0, 0.1) is 11.3 Å². The maximum Gasteiger partial charge on any atom is 0.286 e. The summed E-state index contributed by atoms with van der Waals surface area (Å²) in [6.45, 7) is 7.86. The Morgan fingerprint density at radius 1 is 0.897 bits per heavy atom. The molecular formula is C30H31N5O3S. The highest BCUT2D eigenvalue weighted by Gasteiger charge is 2.31. The first-order valence-corrected chi connectivity index (χ1v) is 14.1. The molecule has 9 heteroatoms. The molecule has 0 radical (unpaired) electrons. The van der Waals surface area contributed by atoms with Crippen LogP contribution in [0.15, 0.2) is 101 Å². The number of amidine groups is 1. The smallest absolute Gasteiger partial charge is 0.286 e. The summed E-state index contributed by atoms with van der Waals surface area (Å²) in [7, 11) is -4.51. The molecule has 1 unspecified atom stereocenters. The van der Waals surface area contributed by atoms with Crippen LogP contribution >= 0.6 is 0 Å². The lowest BCUT2D eigenvalue weighted by atomic mass is 9.88. The molecule has 0 spiro atoms. The Hall–Kier alpha value is -4.23. The Balaban J connectivity index is 0.000000181. The zero-order valence-corrected chi connectivity index (χ0v) is 23.1. The van der Waals surface area contributed by atoms with Crippen LogP contribution in [0.5, 0.6) is 0 Å². The van der Waals surface area contributed by atoms with Gasteiger partial charge in [0.25, 0.3) is 5.84 Å². The van der Waals surface area contributed by atoms with Crippen molar-refractivity contribution in [1.29, 1.82) is 5.26 Å². The minimum absolute atomic E-state index is 0.0178. The lowest BCUT2D eigenvalue weighted by molar-refractivity contribution is -0.846. The van der Waals surface area contributed by atoms with E-state index < -0.39 is 10.1 Å². The Morgan fingerprint density at radius 2 is 1.49 bits per heavy atom. The molecule has 1 aliphatic heterocycles. The number of nitrogens with one attached hydrogen (secondary N) is 2. The number of nitriles is 1. The second-order valence-corrected chi connectivity index (χ2v) is 11.1. The van der Waals surface area contributed by atoms with E-state index in [0.29, 0.717) is 16.8 Å². The van der Waals surface area contributed by atoms with Gasteiger partial charge in [-0.2, -0.15) is 5.26 Å². The number of nitrogens with zero attached hydrogens (tertiary/aromatic N) is 3. The fraction of sp³-hybridized carbons (Fsp3) is 0.200. The summed E-state index contributed by atoms with van der Waals surface area (Å²) in [5, 5.41) is 17.2. The monoisotopic (exact) mass is 541 g/mol. The van der Waals surface area contributed by atoms with Gasteiger partial charge in [0.1, 0.15) is 21.9 Å². The van der Waals surface area contributed by atoms with E-state index in [1.807, 2.05) is 118 Å². The van der Waals surface area contributed by atoms with Crippen molar-refractivity contribution in [2.75, 3.05) is 5.12 Å². The van der Waals surface area contributed by atoms with Gasteiger partial charge in [-0.05, 0) is 51.0 Å². The van der Waals surface area contributed by atoms with Gasteiger partial charge in [-0.3, -0.25) is 0 Å². The van der Waals surface area contributed by atoms with Gasteiger partial charge in [0.2, 0.25) is 0 Å². The lowest BCUT2D eigenvalue weighted by Gasteiger charge is -2.24. The van der Waals surface area contributed by atoms with Crippen molar-refractivity contribution in [3.8, 4) is 6.07 Å². The van der Waals surface area contributed by atoms with E-state index in [0.717, 1.165) is 27.4 Å². The minimum atomic E-state index is -4.51. The zero-order chi connectivity index (χ0) is 28.2. The van der Waals surface area contributed by atoms with Crippen molar-refractivity contribution < 1.29 is 18.1 Å². The number of rotatable bonds is 5. The van der Waals surface area contributed by atoms with E-state index in [4.69, 9.17) is 5.26 Å². The summed E-state index contributed by atoms with van der Waals surface area (Å²) >= 11 is 0. The number of hydrazine groups is 1. The Bertz CT molecular complexity index is 1630. The average Bonchev–Trinajstić information content (AvgIpc) is 3.37. The van der Waals surface area contributed by atoms with Gasteiger partial charge in [-0.25, -0.2) is 13.8 Å². The molecule has 0 amide bonds. The third-order valence-electron chi connectivity index (χ3n) is 6.32. The maximum absolute atomic E-state index is 11.8. The topological polar surface area (TPSA) is 113 Å². The number of hydrogen-bond donors (Lipinski definition) is 2. The highest BCUT2D eigenvalue weighted by Crippen LogP contribution is 2.37. The Labute approximate surface area is 229 Å². The van der Waals surface area contributed by atoms with Crippen molar-refractivity contribution in [3.05, 3.63) is 102 Å². The van der Waals surface area contributed by atoms with Gasteiger partial charge in [-0.1, -0.05) is 105 Å². The number of hydrogen-bond acceptors (Lipinski definition) is 7. The van der Waals surface area contributed by atoms with E-state index in [9.17, 15) is 13.0 Å². The molecule has 0 saturated heterocycles. The summed E-state index contributed by atoms with van der Waals surface area (Å²) in [4.78, 5) is -0.0469. The van der Waals surface area contributed by atoms with Crippen LogP contribution < -0.4 is 15.7 Å². The average molecular weight is 542 g/mol. The molecule has 0 fully saturated rings. The summed E-state index contributed by atoms with van der Waals surface area (Å²) in [5.41, 5.74) is 6.49. The first kappa shape index (κ1) is 27.8. The summed E-state index contributed by atoms with van der Waals surface area (Å²) < 4.78 is 35.4. The predicted molar refractivity (Wildman–Crippen MR) is 152 cm³/mol. The number of benzene rings is 4. The van der Waals surface area contributed by atoms with Crippen molar-refractivity contribution in [2.24, 2.45) is 5.10 Å². The molecule has 0 aliphatic carbocycles. The molecule has 1 atom stereocenters. The second kappa shape index (κ2) is 11.7. The first-order valence-electron chi connectivity index (χ1n) is 12.7. The zero-order valence-electron chi connectivity index (χ0n) is 22.3. The molecule has 0 saturated carbocycles. The SMILES string of the molecule is CC(C)c1cc2ccccc2c(S(=O)(=O)[O-])c1C(C)C.N#CC1=N[NH+](c2ccccc2)N(c2ccccc2)N1. The van der Waals surface area contributed by atoms with Crippen LogP contribution in [0.2, 0.25) is 0 Å². The van der Waals surface area contributed by atoms with E-state index in [1.54, 1.807) is 12.1 Å². The maximum atomic E-state index is 11.8. The molecule has 1 aliphatic rings. The van der Waals surface area contributed by atoms with Crippen molar-refractivity contribution in [3.63, 3.8) is 0 Å². The molecule has 2 N–H and O–H groups in total. The van der Waals surface area contributed by atoms with Crippen LogP contribution in [0.25, 0.3) is 10.8 Å². The van der Waals surface area contributed by atoms with E-state index in [-0.39, 0.29) is 16.7 Å². The third kappa shape index (κ3) is 6.10. The van der Waals surface area contributed by atoms with Crippen LogP contribution in [-0.4, -0.2) is 18.8 Å². The van der Waals surface area contributed by atoms with Gasteiger partial charge in [0.05, 0.1) is 4.90 Å². The molecule has 5 rings (SSSR count). The van der Waals surface area contributed by atoms with Gasteiger partial charge in [-0.15, -0.1) is 0 Å². The Kier molecular flexibility index (Phi) is 8.31. The quantitative estimate of drug-likeness (QED) is 0.345. The predicted octanol–water partition coefficient (Wildman–Crippen LogP) is 4.97. The van der Waals surface area contributed by atoms with E-state index in [1.165, 1.54) is 0 Å². The summed E-state index contributed by atoms with van der Waals surface area (Å²) in [6, 6.07) is 30.8.